The SMILES string of the molecule is C=CC(=O)OCCC(C)(C)Sc1ccccc1. The second-order valence-corrected chi connectivity index (χ2v) is 6.08. The summed E-state index contributed by atoms with van der Waals surface area (Å²) in [4.78, 5) is 12.1. The molecule has 0 aromatic heterocycles. The Morgan fingerprint density at radius 3 is 2.65 bits per heavy atom. The van der Waals surface area contributed by atoms with Gasteiger partial charge >= 0.3 is 5.97 Å². The van der Waals surface area contributed by atoms with E-state index in [0.717, 1.165) is 6.42 Å². The summed E-state index contributed by atoms with van der Waals surface area (Å²) in [5.74, 6) is -0.356. The highest BCUT2D eigenvalue weighted by Crippen LogP contribution is 2.34. The summed E-state index contributed by atoms with van der Waals surface area (Å²) in [6.45, 7) is 8.08. The van der Waals surface area contributed by atoms with Crippen molar-refractivity contribution >= 4 is 17.7 Å². The second kappa shape index (κ2) is 6.50. The Bertz CT molecular complexity index is 371. The lowest BCUT2D eigenvalue weighted by Crippen LogP contribution is -2.18. The van der Waals surface area contributed by atoms with Crippen molar-refractivity contribution in [2.24, 2.45) is 0 Å². The van der Waals surface area contributed by atoms with Crippen LogP contribution in [0.3, 0.4) is 0 Å². The van der Waals surface area contributed by atoms with Crippen LogP contribution in [0.5, 0.6) is 0 Å². The number of rotatable bonds is 6. The van der Waals surface area contributed by atoms with Gasteiger partial charge < -0.3 is 4.74 Å². The maximum absolute atomic E-state index is 10.9. The molecule has 0 spiro atoms. The number of esters is 1. The number of carbonyl (C=O) groups excluding carboxylic acids is 1. The van der Waals surface area contributed by atoms with Gasteiger partial charge in [0.25, 0.3) is 0 Å². The van der Waals surface area contributed by atoms with Gasteiger partial charge in [-0.25, -0.2) is 4.79 Å². The summed E-state index contributed by atoms with van der Waals surface area (Å²) in [5.41, 5.74) is 0. The van der Waals surface area contributed by atoms with Crippen LogP contribution in [-0.4, -0.2) is 17.3 Å². The van der Waals surface area contributed by atoms with Gasteiger partial charge in [0.1, 0.15) is 0 Å². The van der Waals surface area contributed by atoms with Crippen LogP contribution in [0.15, 0.2) is 47.9 Å². The van der Waals surface area contributed by atoms with E-state index < -0.39 is 0 Å². The van der Waals surface area contributed by atoms with Crippen molar-refractivity contribution in [1.82, 2.24) is 0 Å². The summed E-state index contributed by atoms with van der Waals surface area (Å²) in [5, 5.41) is 0. The molecule has 0 unspecified atom stereocenters. The van der Waals surface area contributed by atoms with Crippen molar-refractivity contribution in [3.63, 3.8) is 0 Å². The van der Waals surface area contributed by atoms with Crippen LogP contribution in [0.4, 0.5) is 0 Å². The normalized spacial score (nSPS) is 10.9. The average Bonchev–Trinajstić information content (AvgIpc) is 2.29. The Morgan fingerprint density at radius 1 is 1.41 bits per heavy atom. The second-order valence-electron chi connectivity index (χ2n) is 4.30. The van der Waals surface area contributed by atoms with Gasteiger partial charge in [-0.3, -0.25) is 0 Å². The van der Waals surface area contributed by atoms with Crippen LogP contribution in [-0.2, 0) is 9.53 Å². The van der Waals surface area contributed by atoms with Gasteiger partial charge in [-0.1, -0.05) is 38.6 Å². The zero-order valence-electron chi connectivity index (χ0n) is 10.3. The number of thioether (sulfide) groups is 1. The molecule has 0 saturated carbocycles. The van der Waals surface area contributed by atoms with Crippen molar-refractivity contribution < 1.29 is 9.53 Å². The Labute approximate surface area is 107 Å². The highest BCUT2D eigenvalue weighted by molar-refractivity contribution is 8.00. The summed E-state index contributed by atoms with van der Waals surface area (Å²) in [6, 6.07) is 10.2. The fourth-order valence-electron chi connectivity index (χ4n) is 1.31. The van der Waals surface area contributed by atoms with Crippen LogP contribution in [0, 0.1) is 0 Å². The van der Waals surface area contributed by atoms with E-state index in [1.165, 1.54) is 11.0 Å². The highest BCUT2D eigenvalue weighted by Gasteiger charge is 2.19. The third-order valence-corrected chi connectivity index (χ3v) is 3.52. The number of hydrogen-bond donors (Lipinski definition) is 0. The van der Waals surface area contributed by atoms with E-state index in [-0.39, 0.29) is 10.7 Å². The molecule has 1 rings (SSSR count). The van der Waals surface area contributed by atoms with Crippen molar-refractivity contribution in [2.75, 3.05) is 6.61 Å². The average molecular weight is 250 g/mol. The third-order valence-electron chi connectivity index (χ3n) is 2.25. The predicted octanol–water partition coefficient (Wildman–Crippen LogP) is 3.68. The quantitative estimate of drug-likeness (QED) is 0.438. The van der Waals surface area contributed by atoms with Gasteiger partial charge in [0.2, 0.25) is 0 Å². The topological polar surface area (TPSA) is 26.3 Å². The van der Waals surface area contributed by atoms with E-state index in [4.69, 9.17) is 4.74 Å². The molecule has 0 heterocycles. The van der Waals surface area contributed by atoms with Crippen molar-refractivity contribution in [3.05, 3.63) is 43.0 Å². The molecule has 0 fully saturated rings. The first kappa shape index (κ1) is 13.8. The number of ether oxygens (including phenoxy) is 1. The molecule has 3 heteroatoms. The third kappa shape index (κ3) is 5.59. The molecule has 0 bridgehead atoms. The van der Waals surface area contributed by atoms with Gasteiger partial charge in [-0.15, -0.1) is 11.8 Å². The minimum Gasteiger partial charge on any atom is -0.462 e. The molecular weight excluding hydrogens is 232 g/mol. The first-order valence-corrected chi connectivity index (χ1v) is 6.38. The van der Waals surface area contributed by atoms with E-state index in [9.17, 15) is 4.79 Å². The number of hydrogen-bond acceptors (Lipinski definition) is 3. The van der Waals surface area contributed by atoms with E-state index >= 15 is 0 Å². The van der Waals surface area contributed by atoms with Crippen LogP contribution in [0.2, 0.25) is 0 Å². The maximum atomic E-state index is 10.9. The molecule has 1 aromatic carbocycles. The van der Waals surface area contributed by atoms with Crippen molar-refractivity contribution in [2.45, 2.75) is 29.9 Å². The molecule has 0 amide bonds. The minimum absolute atomic E-state index is 0.0444. The lowest BCUT2D eigenvalue weighted by atomic mass is 10.1. The zero-order valence-corrected chi connectivity index (χ0v) is 11.1. The molecule has 0 saturated heterocycles. The summed E-state index contributed by atoms with van der Waals surface area (Å²) >= 11 is 1.79. The lowest BCUT2D eigenvalue weighted by Gasteiger charge is -2.23. The van der Waals surface area contributed by atoms with Gasteiger partial charge in [-0.2, -0.15) is 0 Å². The highest BCUT2D eigenvalue weighted by atomic mass is 32.2. The van der Waals surface area contributed by atoms with E-state index in [2.05, 4.69) is 32.6 Å². The fourth-order valence-corrected chi connectivity index (χ4v) is 2.43. The molecule has 92 valence electrons. The van der Waals surface area contributed by atoms with E-state index in [0.29, 0.717) is 6.61 Å². The summed E-state index contributed by atoms with van der Waals surface area (Å²) in [6.07, 6.45) is 2.00. The Morgan fingerprint density at radius 2 is 2.06 bits per heavy atom. The first-order valence-electron chi connectivity index (χ1n) is 5.57. The van der Waals surface area contributed by atoms with E-state index in [1.807, 2.05) is 18.2 Å². The zero-order chi connectivity index (χ0) is 12.7. The molecule has 0 radical (unpaired) electrons. The molecule has 0 aliphatic rings. The number of carbonyl (C=O) groups is 1. The first-order chi connectivity index (χ1) is 8.03. The molecule has 1 aromatic rings. The Hall–Kier alpha value is -1.22. The molecular formula is C14H18O2S. The lowest BCUT2D eigenvalue weighted by molar-refractivity contribution is -0.137. The summed E-state index contributed by atoms with van der Waals surface area (Å²) < 4.78 is 5.04. The van der Waals surface area contributed by atoms with Gasteiger partial charge in [-0.05, 0) is 18.6 Å². The largest absolute Gasteiger partial charge is 0.462 e. The molecule has 0 atom stereocenters. The van der Waals surface area contributed by atoms with Gasteiger partial charge in [0.05, 0.1) is 6.61 Å². The monoisotopic (exact) mass is 250 g/mol. The Balaban J connectivity index is 2.41. The van der Waals surface area contributed by atoms with Gasteiger partial charge in [0, 0.05) is 15.7 Å². The molecule has 0 N–H and O–H groups in total. The van der Waals surface area contributed by atoms with Crippen LogP contribution in [0.25, 0.3) is 0 Å². The molecule has 0 aliphatic heterocycles. The van der Waals surface area contributed by atoms with E-state index in [1.54, 1.807) is 11.8 Å². The molecule has 2 nitrogen and oxygen atoms in total. The number of benzene rings is 1. The summed E-state index contributed by atoms with van der Waals surface area (Å²) in [7, 11) is 0. The molecule has 17 heavy (non-hydrogen) atoms. The fraction of sp³-hybridized carbons (Fsp3) is 0.357. The predicted molar refractivity (Wildman–Crippen MR) is 72.2 cm³/mol. The standard InChI is InChI=1S/C14H18O2S/c1-4-13(15)16-11-10-14(2,3)17-12-8-6-5-7-9-12/h4-9H,1,10-11H2,2-3H3. The smallest absolute Gasteiger partial charge is 0.330 e. The minimum atomic E-state index is -0.356. The van der Waals surface area contributed by atoms with Crippen LogP contribution in [0.1, 0.15) is 20.3 Å². The Kier molecular flexibility index (Phi) is 5.29. The van der Waals surface area contributed by atoms with Crippen molar-refractivity contribution in [3.8, 4) is 0 Å². The molecule has 0 aliphatic carbocycles. The maximum Gasteiger partial charge on any atom is 0.330 e. The van der Waals surface area contributed by atoms with Crippen LogP contribution < -0.4 is 0 Å². The van der Waals surface area contributed by atoms with Crippen molar-refractivity contribution in [1.29, 1.82) is 0 Å². The van der Waals surface area contributed by atoms with Gasteiger partial charge in [0.15, 0.2) is 0 Å². The van der Waals surface area contributed by atoms with Crippen LogP contribution >= 0.6 is 11.8 Å².